The van der Waals surface area contributed by atoms with Crippen LogP contribution in [0.4, 0.5) is 5.69 Å². The lowest BCUT2D eigenvalue weighted by molar-refractivity contribution is -0.119. The molecule has 0 aliphatic heterocycles. The smallest absolute Gasteiger partial charge is 0.357 e. The largest absolute Gasteiger partial charge is 0.495 e. The molecule has 0 saturated carbocycles. The zero-order chi connectivity index (χ0) is 15.9. The van der Waals surface area contributed by atoms with E-state index in [1.54, 1.807) is 30.3 Å². The summed E-state index contributed by atoms with van der Waals surface area (Å²) in [4.78, 5) is 27.3. The van der Waals surface area contributed by atoms with E-state index in [2.05, 4.69) is 10.3 Å². The topological polar surface area (TPSA) is 77.5 Å². The van der Waals surface area contributed by atoms with Gasteiger partial charge in [0.15, 0.2) is 6.61 Å². The Balaban J connectivity index is 1.94. The summed E-state index contributed by atoms with van der Waals surface area (Å²) in [6.07, 6.45) is 1.47. The molecule has 0 radical (unpaired) electrons. The van der Waals surface area contributed by atoms with Gasteiger partial charge in [-0.3, -0.25) is 4.79 Å². The average molecular weight is 321 g/mol. The lowest BCUT2D eigenvalue weighted by Crippen LogP contribution is -2.21. The maximum absolute atomic E-state index is 11.8. The van der Waals surface area contributed by atoms with Crippen LogP contribution in [0, 0.1) is 0 Å². The Morgan fingerprint density at radius 2 is 2.09 bits per heavy atom. The Morgan fingerprint density at radius 3 is 2.77 bits per heavy atom. The number of amides is 1. The normalized spacial score (nSPS) is 9.91. The van der Waals surface area contributed by atoms with Gasteiger partial charge in [0.25, 0.3) is 5.91 Å². The van der Waals surface area contributed by atoms with Crippen LogP contribution in [0.3, 0.4) is 0 Å². The summed E-state index contributed by atoms with van der Waals surface area (Å²) >= 11 is 5.86. The molecule has 0 atom stereocenters. The van der Waals surface area contributed by atoms with Crippen molar-refractivity contribution < 1.29 is 19.1 Å². The first kappa shape index (κ1) is 15.8. The number of nitrogens with one attached hydrogen (secondary N) is 1. The van der Waals surface area contributed by atoms with E-state index < -0.39 is 18.5 Å². The fourth-order valence-corrected chi connectivity index (χ4v) is 1.82. The summed E-state index contributed by atoms with van der Waals surface area (Å²) < 4.78 is 9.98. The fourth-order valence-electron chi connectivity index (χ4n) is 1.65. The molecular formula is C15H13ClN2O4. The number of nitrogens with zero attached hydrogens (tertiary/aromatic N) is 1. The minimum Gasteiger partial charge on any atom is -0.495 e. The molecule has 0 unspecified atom stereocenters. The van der Waals surface area contributed by atoms with E-state index in [1.807, 2.05) is 0 Å². The van der Waals surface area contributed by atoms with Crippen molar-refractivity contribution in [1.29, 1.82) is 0 Å². The molecular weight excluding hydrogens is 308 g/mol. The van der Waals surface area contributed by atoms with E-state index >= 15 is 0 Å². The van der Waals surface area contributed by atoms with Crippen molar-refractivity contribution in [3.8, 4) is 5.75 Å². The number of rotatable bonds is 5. The Morgan fingerprint density at radius 1 is 1.27 bits per heavy atom. The molecule has 1 amide bonds. The molecule has 22 heavy (non-hydrogen) atoms. The van der Waals surface area contributed by atoms with Crippen LogP contribution in [0.2, 0.25) is 5.02 Å². The lowest BCUT2D eigenvalue weighted by atomic mass is 10.3. The third-order valence-electron chi connectivity index (χ3n) is 2.64. The SMILES string of the molecule is COc1ccc(Cl)cc1NC(=O)COC(=O)c1ccccn1. The van der Waals surface area contributed by atoms with Gasteiger partial charge in [-0.05, 0) is 30.3 Å². The van der Waals surface area contributed by atoms with Gasteiger partial charge in [0.1, 0.15) is 11.4 Å². The van der Waals surface area contributed by atoms with E-state index in [1.165, 1.54) is 19.4 Å². The molecule has 0 aliphatic rings. The van der Waals surface area contributed by atoms with Crippen molar-refractivity contribution in [2.45, 2.75) is 0 Å². The summed E-state index contributed by atoms with van der Waals surface area (Å²) in [5, 5.41) is 3.01. The first-order valence-corrected chi connectivity index (χ1v) is 6.69. The number of hydrogen-bond donors (Lipinski definition) is 1. The molecule has 1 N–H and O–H groups in total. The summed E-state index contributed by atoms with van der Waals surface area (Å²) in [6, 6.07) is 9.63. The molecule has 0 saturated heterocycles. The molecule has 0 bridgehead atoms. The summed E-state index contributed by atoms with van der Waals surface area (Å²) in [7, 11) is 1.47. The number of halogens is 1. The highest BCUT2D eigenvalue weighted by atomic mass is 35.5. The number of methoxy groups -OCH3 is 1. The second-order valence-corrected chi connectivity index (χ2v) is 4.62. The number of ether oxygens (including phenoxy) is 2. The maximum Gasteiger partial charge on any atom is 0.357 e. The predicted molar refractivity (Wildman–Crippen MR) is 81.2 cm³/mol. The van der Waals surface area contributed by atoms with Gasteiger partial charge in [-0.15, -0.1) is 0 Å². The highest BCUT2D eigenvalue weighted by Crippen LogP contribution is 2.27. The lowest BCUT2D eigenvalue weighted by Gasteiger charge is -2.10. The zero-order valence-corrected chi connectivity index (χ0v) is 12.5. The number of benzene rings is 1. The Hall–Kier alpha value is -2.60. The van der Waals surface area contributed by atoms with E-state index in [4.69, 9.17) is 21.1 Å². The summed E-state index contributed by atoms with van der Waals surface area (Å²) in [6.45, 7) is -0.439. The van der Waals surface area contributed by atoms with Crippen LogP contribution in [0.25, 0.3) is 0 Å². The quantitative estimate of drug-likeness (QED) is 0.857. The van der Waals surface area contributed by atoms with Crippen molar-refractivity contribution in [2.24, 2.45) is 0 Å². The monoisotopic (exact) mass is 320 g/mol. The number of esters is 1. The van der Waals surface area contributed by atoms with Gasteiger partial charge in [-0.2, -0.15) is 0 Å². The van der Waals surface area contributed by atoms with Crippen LogP contribution in [0.15, 0.2) is 42.6 Å². The first-order valence-electron chi connectivity index (χ1n) is 6.31. The molecule has 0 aliphatic carbocycles. The predicted octanol–water partition coefficient (Wildman–Crippen LogP) is 2.54. The third-order valence-corrected chi connectivity index (χ3v) is 2.88. The fraction of sp³-hybridized carbons (Fsp3) is 0.133. The van der Waals surface area contributed by atoms with Gasteiger partial charge in [0.2, 0.25) is 0 Å². The second-order valence-electron chi connectivity index (χ2n) is 4.18. The van der Waals surface area contributed by atoms with Gasteiger partial charge >= 0.3 is 5.97 Å². The van der Waals surface area contributed by atoms with E-state index in [0.717, 1.165) is 0 Å². The summed E-state index contributed by atoms with van der Waals surface area (Å²) in [5.74, 6) is -0.729. The van der Waals surface area contributed by atoms with Crippen molar-refractivity contribution in [3.05, 3.63) is 53.3 Å². The van der Waals surface area contributed by atoms with E-state index in [-0.39, 0.29) is 5.69 Å². The van der Waals surface area contributed by atoms with Crippen LogP contribution >= 0.6 is 11.6 Å². The van der Waals surface area contributed by atoms with Crippen molar-refractivity contribution >= 4 is 29.2 Å². The molecule has 1 heterocycles. The standard InChI is InChI=1S/C15H13ClN2O4/c1-21-13-6-5-10(16)8-12(13)18-14(19)9-22-15(20)11-4-2-3-7-17-11/h2-8H,9H2,1H3,(H,18,19). The van der Waals surface area contributed by atoms with Crippen LogP contribution in [0.5, 0.6) is 5.75 Å². The van der Waals surface area contributed by atoms with Gasteiger partial charge in [-0.25, -0.2) is 9.78 Å². The van der Waals surface area contributed by atoms with E-state index in [9.17, 15) is 9.59 Å². The molecule has 1 aromatic carbocycles. The number of pyridine rings is 1. The first-order chi connectivity index (χ1) is 10.6. The molecule has 114 valence electrons. The van der Waals surface area contributed by atoms with E-state index in [0.29, 0.717) is 16.5 Å². The van der Waals surface area contributed by atoms with Crippen LogP contribution in [-0.2, 0) is 9.53 Å². The number of aromatic nitrogens is 1. The summed E-state index contributed by atoms with van der Waals surface area (Å²) in [5.41, 5.74) is 0.532. The number of carbonyl (C=O) groups is 2. The van der Waals surface area contributed by atoms with Gasteiger partial charge in [0.05, 0.1) is 12.8 Å². The molecule has 0 fully saturated rings. The highest BCUT2D eigenvalue weighted by Gasteiger charge is 2.13. The van der Waals surface area contributed by atoms with Crippen molar-refractivity contribution in [2.75, 3.05) is 19.0 Å². The number of carbonyl (C=O) groups excluding carboxylic acids is 2. The molecule has 1 aromatic heterocycles. The Kier molecular flexibility index (Phi) is 5.32. The van der Waals surface area contributed by atoms with Crippen LogP contribution in [-0.4, -0.2) is 30.6 Å². The van der Waals surface area contributed by atoms with Crippen molar-refractivity contribution in [3.63, 3.8) is 0 Å². The molecule has 7 heteroatoms. The minimum absolute atomic E-state index is 0.135. The van der Waals surface area contributed by atoms with Crippen LogP contribution in [0.1, 0.15) is 10.5 Å². The number of hydrogen-bond acceptors (Lipinski definition) is 5. The third kappa shape index (κ3) is 4.20. The van der Waals surface area contributed by atoms with Gasteiger partial charge in [0, 0.05) is 11.2 Å². The van der Waals surface area contributed by atoms with Crippen LogP contribution < -0.4 is 10.1 Å². The van der Waals surface area contributed by atoms with Crippen molar-refractivity contribution in [1.82, 2.24) is 4.98 Å². The van der Waals surface area contributed by atoms with Gasteiger partial charge < -0.3 is 14.8 Å². The second kappa shape index (κ2) is 7.42. The number of anilines is 1. The minimum atomic E-state index is -0.672. The Bertz CT molecular complexity index is 676. The molecule has 2 aromatic rings. The van der Waals surface area contributed by atoms with Gasteiger partial charge in [-0.1, -0.05) is 17.7 Å². The molecule has 0 spiro atoms. The molecule has 2 rings (SSSR count). The zero-order valence-electron chi connectivity index (χ0n) is 11.7. The maximum atomic E-state index is 11.8. The highest BCUT2D eigenvalue weighted by molar-refractivity contribution is 6.31. The Labute approximate surface area is 132 Å². The molecule has 6 nitrogen and oxygen atoms in total. The average Bonchev–Trinajstić information content (AvgIpc) is 2.53.